The Hall–Kier alpha value is -2.10. The fourth-order valence-corrected chi connectivity index (χ4v) is 3.57. The van der Waals surface area contributed by atoms with Crippen molar-refractivity contribution in [3.8, 4) is 0 Å². The topological polar surface area (TPSA) is 117 Å². The minimum atomic E-state index is -1.02. The van der Waals surface area contributed by atoms with Crippen molar-refractivity contribution in [1.82, 2.24) is 25.2 Å². The molecule has 25 heavy (non-hydrogen) atoms. The summed E-state index contributed by atoms with van der Waals surface area (Å²) in [4.78, 5) is 37.1. The van der Waals surface area contributed by atoms with Crippen LogP contribution in [0.25, 0.3) is 0 Å². The lowest BCUT2D eigenvalue weighted by Gasteiger charge is -2.26. The van der Waals surface area contributed by atoms with E-state index in [0.29, 0.717) is 23.7 Å². The molecule has 1 atom stereocenters. The SMILES string of the molecule is CC(C)(C)CC(=O)N1CSCC1C(=O)NCc1cn(CC(=O)O)nn1. The number of hydrogen-bond acceptors (Lipinski definition) is 6. The molecule has 2 N–H and O–H groups in total. The van der Waals surface area contributed by atoms with Crippen LogP contribution in [-0.4, -0.2) is 60.5 Å². The van der Waals surface area contributed by atoms with Crippen LogP contribution in [0, 0.1) is 5.41 Å². The number of amides is 2. The highest BCUT2D eigenvalue weighted by molar-refractivity contribution is 7.99. The summed E-state index contributed by atoms with van der Waals surface area (Å²) in [6, 6.07) is -0.492. The van der Waals surface area contributed by atoms with Crippen LogP contribution in [0.5, 0.6) is 0 Å². The smallest absolute Gasteiger partial charge is 0.325 e. The average molecular weight is 369 g/mol. The monoisotopic (exact) mass is 369 g/mol. The van der Waals surface area contributed by atoms with E-state index in [9.17, 15) is 14.4 Å². The van der Waals surface area contributed by atoms with Gasteiger partial charge in [-0.1, -0.05) is 26.0 Å². The number of carbonyl (C=O) groups excluding carboxylic acids is 2. The third-order valence-electron chi connectivity index (χ3n) is 3.51. The van der Waals surface area contributed by atoms with Crippen molar-refractivity contribution in [2.24, 2.45) is 5.41 Å². The minimum absolute atomic E-state index is 0.0231. The van der Waals surface area contributed by atoms with Gasteiger partial charge in [-0.2, -0.15) is 0 Å². The zero-order valence-electron chi connectivity index (χ0n) is 14.6. The molecule has 1 fully saturated rings. The van der Waals surface area contributed by atoms with Crippen molar-refractivity contribution in [2.75, 3.05) is 11.6 Å². The molecule has 1 unspecified atom stereocenters. The van der Waals surface area contributed by atoms with Gasteiger partial charge in [0.05, 0.1) is 18.6 Å². The van der Waals surface area contributed by atoms with Crippen molar-refractivity contribution >= 4 is 29.5 Å². The van der Waals surface area contributed by atoms with Gasteiger partial charge in [-0.3, -0.25) is 14.4 Å². The lowest BCUT2D eigenvalue weighted by Crippen LogP contribution is -2.47. The number of nitrogens with zero attached hydrogens (tertiary/aromatic N) is 4. The molecule has 138 valence electrons. The molecule has 2 amide bonds. The highest BCUT2D eigenvalue weighted by atomic mass is 32.2. The summed E-state index contributed by atoms with van der Waals surface area (Å²) >= 11 is 1.55. The van der Waals surface area contributed by atoms with Gasteiger partial charge in [0, 0.05) is 12.2 Å². The molecule has 0 bridgehead atoms. The maximum absolute atomic E-state index is 12.4. The Labute approximate surface area is 150 Å². The first kappa shape index (κ1) is 19.2. The summed E-state index contributed by atoms with van der Waals surface area (Å²) in [5.74, 6) is -0.198. The van der Waals surface area contributed by atoms with Crippen molar-refractivity contribution in [1.29, 1.82) is 0 Å². The molecule has 1 aromatic heterocycles. The molecule has 0 aromatic carbocycles. The number of nitrogens with one attached hydrogen (secondary N) is 1. The molecule has 1 saturated heterocycles. The predicted molar refractivity (Wildman–Crippen MR) is 91.5 cm³/mol. The third kappa shape index (κ3) is 5.73. The molecule has 1 aromatic rings. The highest BCUT2D eigenvalue weighted by Crippen LogP contribution is 2.26. The van der Waals surface area contributed by atoms with Crippen LogP contribution in [0.15, 0.2) is 6.20 Å². The van der Waals surface area contributed by atoms with Crippen molar-refractivity contribution in [3.63, 3.8) is 0 Å². The number of thioether (sulfide) groups is 1. The number of carboxylic acids is 1. The Morgan fingerprint density at radius 1 is 1.40 bits per heavy atom. The molecular weight excluding hydrogens is 346 g/mol. The molecule has 2 heterocycles. The van der Waals surface area contributed by atoms with Gasteiger partial charge in [0.2, 0.25) is 11.8 Å². The van der Waals surface area contributed by atoms with Gasteiger partial charge >= 0.3 is 5.97 Å². The molecule has 0 saturated carbocycles. The first-order chi connectivity index (χ1) is 11.7. The molecule has 1 aliphatic rings. The summed E-state index contributed by atoms with van der Waals surface area (Å²) in [6.45, 7) is 5.83. The van der Waals surface area contributed by atoms with Gasteiger partial charge in [-0.15, -0.1) is 16.9 Å². The Morgan fingerprint density at radius 2 is 2.12 bits per heavy atom. The van der Waals surface area contributed by atoms with E-state index < -0.39 is 12.0 Å². The lowest BCUT2D eigenvalue weighted by atomic mass is 9.91. The van der Waals surface area contributed by atoms with E-state index in [1.165, 1.54) is 10.9 Å². The summed E-state index contributed by atoms with van der Waals surface area (Å²) < 4.78 is 1.19. The van der Waals surface area contributed by atoms with Gasteiger partial charge in [-0.05, 0) is 5.41 Å². The van der Waals surface area contributed by atoms with Gasteiger partial charge < -0.3 is 15.3 Å². The second kappa shape index (κ2) is 7.85. The van der Waals surface area contributed by atoms with E-state index in [1.807, 2.05) is 20.8 Å². The van der Waals surface area contributed by atoms with E-state index in [2.05, 4.69) is 15.6 Å². The van der Waals surface area contributed by atoms with E-state index in [-0.39, 0.29) is 30.3 Å². The molecule has 2 rings (SSSR count). The standard InChI is InChI=1S/C15H23N5O4S/c1-15(2,3)4-12(21)20-9-25-8-11(20)14(24)16-5-10-6-19(18-17-10)7-13(22)23/h6,11H,4-5,7-9H2,1-3H3,(H,16,24)(H,22,23). The number of aliphatic carboxylic acids is 1. The van der Waals surface area contributed by atoms with E-state index in [0.717, 1.165) is 0 Å². The zero-order chi connectivity index (χ0) is 18.6. The van der Waals surface area contributed by atoms with Gasteiger partial charge in [0.25, 0.3) is 0 Å². The molecule has 1 aliphatic heterocycles. The normalized spacial score (nSPS) is 17.6. The van der Waals surface area contributed by atoms with E-state index in [1.54, 1.807) is 16.7 Å². The van der Waals surface area contributed by atoms with Crippen LogP contribution in [0.2, 0.25) is 0 Å². The van der Waals surface area contributed by atoms with Crippen molar-refractivity contribution in [2.45, 2.75) is 46.3 Å². The van der Waals surface area contributed by atoms with E-state index in [4.69, 9.17) is 5.11 Å². The minimum Gasteiger partial charge on any atom is -0.480 e. The molecule has 0 radical (unpaired) electrons. The Kier molecular flexibility index (Phi) is 6.04. The highest BCUT2D eigenvalue weighted by Gasteiger charge is 2.35. The molecule has 0 aliphatic carbocycles. The number of carboxylic acid groups (broad SMARTS) is 1. The van der Waals surface area contributed by atoms with Crippen LogP contribution in [0.3, 0.4) is 0 Å². The van der Waals surface area contributed by atoms with E-state index >= 15 is 0 Å². The summed E-state index contributed by atoms with van der Waals surface area (Å²) in [6.07, 6.45) is 1.86. The molecule has 9 nitrogen and oxygen atoms in total. The van der Waals surface area contributed by atoms with Gasteiger partial charge in [0.1, 0.15) is 18.3 Å². The first-order valence-corrected chi connectivity index (χ1v) is 9.07. The van der Waals surface area contributed by atoms with Gasteiger partial charge in [0.15, 0.2) is 0 Å². The fraction of sp³-hybridized carbons (Fsp3) is 0.667. The molecule has 10 heteroatoms. The number of rotatable bonds is 6. The number of hydrogen-bond donors (Lipinski definition) is 2. The Morgan fingerprint density at radius 3 is 2.76 bits per heavy atom. The second-order valence-electron chi connectivity index (χ2n) is 7.14. The number of aromatic nitrogens is 3. The van der Waals surface area contributed by atoms with Crippen LogP contribution in [-0.2, 0) is 27.5 Å². The van der Waals surface area contributed by atoms with Crippen LogP contribution in [0.4, 0.5) is 0 Å². The van der Waals surface area contributed by atoms with Gasteiger partial charge in [-0.25, -0.2) is 4.68 Å². The third-order valence-corrected chi connectivity index (χ3v) is 4.53. The second-order valence-corrected chi connectivity index (χ2v) is 8.14. The predicted octanol–water partition coefficient (Wildman–Crippen LogP) is 0.317. The van der Waals surface area contributed by atoms with Crippen molar-refractivity contribution < 1.29 is 19.5 Å². The average Bonchev–Trinajstić information content (AvgIpc) is 3.11. The van der Waals surface area contributed by atoms with Crippen molar-refractivity contribution in [3.05, 3.63) is 11.9 Å². The lowest BCUT2D eigenvalue weighted by molar-refractivity contribution is -0.139. The maximum Gasteiger partial charge on any atom is 0.325 e. The van der Waals surface area contributed by atoms with Crippen LogP contribution in [0.1, 0.15) is 32.9 Å². The fourth-order valence-electron chi connectivity index (χ4n) is 2.39. The zero-order valence-corrected chi connectivity index (χ0v) is 15.4. The maximum atomic E-state index is 12.4. The number of carbonyl (C=O) groups is 3. The molecular formula is C15H23N5O4S. The van der Waals surface area contributed by atoms with Crippen LogP contribution < -0.4 is 5.32 Å². The summed E-state index contributed by atoms with van der Waals surface area (Å²) in [5.41, 5.74) is 0.335. The quantitative estimate of drug-likeness (QED) is 0.741. The molecule has 0 spiro atoms. The summed E-state index contributed by atoms with van der Waals surface area (Å²) in [7, 11) is 0. The first-order valence-electron chi connectivity index (χ1n) is 7.91. The Bertz CT molecular complexity index is 655. The summed E-state index contributed by atoms with van der Waals surface area (Å²) in [5, 5.41) is 18.9. The Balaban J connectivity index is 1.90. The van der Waals surface area contributed by atoms with Crippen LogP contribution >= 0.6 is 11.8 Å². The largest absolute Gasteiger partial charge is 0.480 e.